The van der Waals surface area contributed by atoms with Crippen molar-refractivity contribution in [3.63, 3.8) is 0 Å². The molecular weight excluding hydrogens is 308 g/mol. The van der Waals surface area contributed by atoms with E-state index in [2.05, 4.69) is 80.6 Å². The number of phenolic OH excluding ortho intramolecular Hbond substituents is 1. The predicted octanol–water partition coefficient (Wildman–Crippen LogP) is 5.76. The van der Waals surface area contributed by atoms with Crippen LogP contribution in [0.5, 0.6) is 5.75 Å². The third-order valence-electron chi connectivity index (χ3n) is 6.02. The van der Waals surface area contributed by atoms with E-state index in [0.717, 1.165) is 5.56 Å². The number of aryl methyl sites for hydroxylation is 1. The van der Waals surface area contributed by atoms with E-state index in [0.29, 0.717) is 11.7 Å². The van der Waals surface area contributed by atoms with Crippen molar-refractivity contribution in [2.75, 3.05) is 0 Å². The van der Waals surface area contributed by atoms with E-state index < -0.39 is 8.07 Å². The molecule has 1 unspecified atom stereocenters. The maximum absolute atomic E-state index is 11.1. The second-order valence-corrected chi connectivity index (χ2v) is 13.5. The molecule has 1 N–H and O–H groups in total. The average Bonchev–Trinajstić information content (AvgIpc) is 2.64. The van der Waals surface area contributed by atoms with Crippen LogP contribution >= 0.6 is 0 Å². The molecule has 0 saturated heterocycles. The topological polar surface area (TPSA) is 20.2 Å². The Bertz CT molecular complexity index is 742. The van der Waals surface area contributed by atoms with Gasteiger partial charge in [-0.15, -0.1) is 0 Å². The van der Waals surface area contributed by atoms with Crippen molar-refractivity contribution in [1.29, 1.82) is 0 Å². The first-order valence-corrected chi connectivity index (χ1v) is 12.0. The Morgan fingerprint density at radius 1 is 0.958 bits per heavy atom. The first-order chi connectivity index (χ1) is 10.8. The van der Waals surface area contributed by atoms with Gasteiger partial charge in [0.05, 0.1) is 0 Å². The minimum atomic E-state index is -1.97. The van der Waals surface area contributed by atoms with Gasteiger partial charge in [0.1, 0.15) is 13.8 Å². The molecule has 1 aliphatic rings. The monoisotopic (exact) mass is 342 g/mol. The van der Waals surface area contributed by atoms with Crippen LogP contribution in [0.2, 0.25) is 13.1 Å². The second kappa shape index (κ2) is 5.91. The normalized spacial score (nSPS) is 19.5. The molecule has 0 heterocycles. The zero-order chi connectivity index (χ0) is 18.6. The van der Waals surface area contributed by atoms with Gasteiger partial charge in [-0.3, -0.25) is 0 Å². The molecule has 0 amide bonds. The lowest BCUT2D eigenvalue weighted by Gasteiger charge is -2.32. The molecule has 0 aromatic heterocycles. The number of aromatic hydroxyl groups is 1. The van der Waals surface area contributed by atoms with Crippen LogP contribution in [0.4, 0.5) is 0 Å². The van der Waals surface area contributed by atoms with E-state index in [4.69, 9.17) is 0 Å². The highest BCUT2D eigenvalue weighted by Crippen LogP contribution is 2.42. The molecule has 1 aromatic rings. The number of phenols is 1. The highest BCUT2D eigenvalue weighted by molar-refractivity contribution is 6.97. The zero-order valence-corrected chi connectivity index (χ0v) is 18.2. The van der Waals surface area contributed by atoms with Crippen molar-refractivity contribution in [2.24, 2.45) is 5.92 Å². The lowest BCUT2D eigenvalue weighted by atomic mass is 9.85. The molecular formula is C22H34OSi. The van der Waals surface area contributed by atoms with E-state index >= 15 is 0 Å². The van der Waals surface area contributed by atoms with Gasteiger partial charge < -0.3 is 5.11 Å². The lowest BCUT2D eigenvalue weighted by molar-refractivity contribution is 0.450. The number of hydrogen-bond donors (Lipinski definition) is 1. The summed E-state index contributed by atoms with van der Waals surface area (Å²) >= 11 is 0. The number of allylic oxidation sites excluding steroid dienone is 4. The van der Waals surface area contributed by atoms with E-state index in [1.807, 2.05) is 0 Å². The van der Waals surface area contributed by atoms with E-state index in [1.54, 1.807) is 0 Å². The SMILES string of the molecule is CC1=C(C)C(C)C(C)=C1[Si](C)(C)c1cc(C)cc(C(C)(C)C)c1O. The van der Waals surface area contributed by atoms with Crippen LogP contribution in [-0.4, -0.2) is 13.2 Å². The van der Waals surface area contributed by atoms with Crippen molar-refractivity contribution in [3.8, 4) is 5.75 Å². The summed E-state index contributed by atoms with van der Waals surface area (Å²) in [6, 6.07) is 4.37. The van der Waals surface area contributed by atoms with Crippen LogP contribution < -0.4 is 5.19 Å². The molecule has 2 heteroatoms. The quantitative estimate of drug-likeness (QED) is 0.678. The van der Waals surface area contributed by atoms with Crippen LogP contribution in [0.1, 0.15) is 59.6 Å². The van der Waals surface area contributed by atoms with Crippen LogP contribution in [0.15, 0.2) is 34.0 Å². The van der Waals surface area contributed by atoms with Gasteiger partial charge in [0, 0.05) is 0 Å². The summed E-state index contributed by atoms with van der Waals surface area (Å²) < 4.78 is 0. The number of hydrogen-bond acceptors (Lipinski definition) is 1. The Kier molecular flexibility index (Phi) is 4.69. The Morgan fingerprint density at radius 3 is 1.92 bits per heavy atom. The summed E-state index contributed by atoms with van der Waals surface area (Å²) in [6.45, 7) is 22.6. The second-order valence-electron chi connectivity index (χ2n) is 9.17. The third kappa shape index (κ3) is 2.90. The molecule has 1 aromatic carbocycles. The van der Waals surface area contributed by atoms with Gasteiger partial charge in [-0.2, -0.15) is 0 Å². The Labute approximate surface area is 149 Å². The molecule has 0 spiro atoms. The summed E-state index contributed by atoms with van der Waals surface area (Å²) in [5.74, 6) is 1.05. The Balaban J connectivity index is 2.75. The molecule has 1 atom stereocenters. The van der Waals surface area contributed by atoms with E-state index in [1.165, 1.54) is 32.7 Å². The van der Waals surface area contributed by atoms with Crippen LogP contribution in [0, 0.1) is 12.8 Å². The number of rotatable bonds is 2. The molecule has 0 aliphatic heterocycles. The average molecular weight is 343 g/mol. The fraction of sp³-hybridized carbons (Fsp3) is 0.545. The Morgan fingerprint density at radius 2 is 1.50 bits per heavy atom. The van der Waals surface area contributed by atoms with Gasteiger partial charge in [-0.05, 0) is 49.8 Å². The van der Waals surface area contributed by atoms with Gasteiger partial charge in [0.15, 0.2) is 0 Å². The summed E-state index contributed by atoms with van der Waals surface area (Å²) in [6.07, 6.45) is 0. The molecule has 1 nitrogen and oxygen atoms in total. The minimum Gasteiger partial charge on any atom is -0.508 e. The van der Waals surface area contributed by atoms with E-state index in [9.17, 15) is 5.11 Å². The predicted molar refractivity (Wildman–Crippen MR) is 109 cm³/mol. The summed E-state index contributed by atoms with van der Waals surface area (Å²) in [5, 5.41) is 13.9. The van der Waals surface area contributed by atoms with Gasteiger partial charge in [0.25, 0.3) is 0 Å². The van der Waals surface area contributed by atoms with Crippen molar-refractivity contribution < 1.29 is 5.11 Å². The fourth-order valence-corrected chi connectivity index (χ4v) is 8.20. The van der Waals surface area contributed by atoms with Gasteiger partial charge in [-0.1, -0.05) is 80.4 Å². The standard InChI is InChI=1S/C22H34OSi/c1-13-11-18(22(6,7)8)20(23)19(12-13)24(9,10)21-16(4)14(2)15(3)17(21)5/h11-12,14,23H,1-10H3. The summed E-state index contributed by atoms with van der Waals surface area (Å²) in [4.78, 5) is 0. The largest absolute Gasteiger partial charge is 0.508 e. The molecule has 0 radical (unpaired) electrons. The van der Waals surface area contributed by atoms with Crippen molar-refractivity contribution in [3.05, 3.63) is 45.2 Å². The van der Waals surface area contributed by atoms with Gasteiger partial charge in [0.2, 0.25) is 0 Å². The summed E-state index contributed by atoms with van der Waals surface area (Å²) in [5.41, 5.74) is 6.71. The van der Waals surface area contributed by atoms with E-state index in [-0.39, 0.29) is 5.41 Å². The maximum atomic E-state index is 11.1. The molecule has 0 saturated carbocycles. The number of benzene rings is 1. The molecule has 0 bridgehead atoms. The van der Waals surface area contributed by atoms with Gasteiger partial charge in [-0.25, -0.2) is 0 Å². The molecule has 24 heavy (non-hydrogen) atoms. The van der Waals surface area contributed by atoms with Crippen LogP contribution in [0.25, 0.3) is 0 Å². The molecule has 0 fully saturated rings. The lowest BCUT2D eigenvalue weighted by Crippen LogP contribution is -2.45. The molecule has 1 aliphatic carbocycles. The van der Waals surface area contributed by atoms with Crippen molar-refractivity contribution in [1.82, 2.24) is 0 Å². The maximum Gasteiger partial charge on any atom is 0.118 e. The van der Waals surface area contributed by atoms with Crippen LogP contribution in [0.3, 0.4) is 0 Å². The summed E-state index contributed by atoms with van der Waals surface area (Å²) in [7, 11) is -1.97. The van der Waals surface area contributed by atoms with Crippen molar-refractivity contribution >= 4 is 13.3 Å². The first kappa shape index (κ1) is 19.0. The fourth-order valence-electron chi connectivity index (χ4n) is 4.28. The highest BCUT2D eigenvalue weighted by Gasteiger charge is 2.39. The highest BCUT2D eigenvalue weighted by atomic mass is 28.3. The van der Waals surface area contributed by atoms with Crippen LogP contribution in [-0.2, 0) is 5.41 Å². The Hall–Kier alpha value is -1.28. The smallest absolute Gasteiger partial charge is 0.118 e. The van der Waals surface area contributed by atoms with Gasteiger partial charge >= 0.3 is 0 Å². The first-order valence-electron chi connectivity index (χ1n) is 9.03. The molecule has 2 rings (SSSR count). The zero-order valence-electron chi connectivity index (χ0n) is 17.2. The minimum absolute atomic E-state index is 0.0530. The van der Waals surface area contributed by atoms with Crippen molar-refractivity contribution in [2.45, 2.75) is 73.9 Å². The third-order valence-corrected chi connectivity index (χ3v) is 9.77. The molecule has 132 valence electrons.